The Morgan fingerprint density at radius 3 is 2.05 bits per heavy atom. The zero-order valence-corrected chi connectivity index (χ0v) is 12.6. The lowest BCUT2D eigenvalue weighted by molar-refractivity contribution is 0.0601. The molecule has 21 heavy (non-hydrogen) atoms. The van der Waals surface area contributed by atoms with Crippen LogP contribution in [0.3, 0.4) is 0 Å². The largest absolute Gasteiger partial charge is 0.496 e. The Morgan fingerprint density at radius 1 is 0.952 bits per heavy atom. The molecule has 0 spiro atoms. The number of ether oxygens (including phenoxy) is 3. The monoisotopic (exact) mass is 286 g/mol. The summed E-state index contributed by atoms with van der Waals surface area (Å²) >= 11 is 0. The summed E-state index contributed by atoms with van der Waals surface area (Å²) in [6.07, 6.45) is 0. The number of esters is 1. The SMILES string of the molecule is COC(=O)c1ccccc1-c1c(OC)cc(C)cc1OC. The van der Waals surface area contributed by atoms with Crippen molar-refractivity contribution in [2.45, 2.75) is 6.92 Å². The lowest BCUT2D eigenvalue weighted by Gasteiger charge is -2.16. The molecule has 110 valence electrons. The van der Waals surface area contributed by atoms with Crippen molar-refractivity contribution >= 4 is 5.97 Å². The molecule has 0 N–H and O–H groups in total. The van der Waals surface area contributed by atoms with E-state index in [2.05, 4.69) is 0 Å². The topological polar surface area (TPSA) is 44.8 Å². The zero-order chi connectivity index (χ0) is 15.4. The van der Waals surface area contributed by atoms with E-state index >= 15 is 0 Å². The molecule has 0 bridgehead atoms. The van der Waals surface area contributed by atoms with Gasteiger partial charge in [-0.15, -0.1) is 0 Å². The minimum atomic E-state index is -0.393. The Kier molecular flexibility index (Phi) is 4.48. The maximum atomic E-state index is 12.0. The predicted octanol–water partition coefficient (Wildman–Crippen LogP) is 3.47. The second-order valence-corrected chi connectivity index (χ2v) is 4.58. The Bertz CT molecular complexity index is 637. The fourth-order valence-electron chi connectivity index (χ4n) is 2.30. The van der Waals surface area contributed by atoms with E-state index in [9.17, 15) is 4.79 Å². The lowest BCUT2D eigenvalue weighted by Crippen LogP contribution is -2.04. The van der Waals surface area contributed by atoms with Crippen LogP contribution in [0.4, 0.5) is 0 Å². The summed E-state index contributed by atoms with van der Waals surface area (Å²) in [5, 5.41) is 0. The molecule has 4 nitrogen and oxygen atoms in total. The molecular weight excluding hydrogens is 268 g/mol. The summed E-state index contributed by atoms with van der Waals surface area (Å²) in [4.78, 5) is 12.0. The lowest BCUT2D eigenvalue weighted by atomic mass is 9.96. The number of carbonyl (C=O) groups is 1. The molecule has 0 aliphatic heterocycles. The average molecular weight is 286 g/mol. The van der Waals surface area contributed by atoms with E-state index in [0.29, 0.717) is 17.1 Å². The van der Waals surface area contributed by atoms with E-state index in [0.717, 1.165) is 16.7 Å². The summed E-state index contributed by atoms with van der Waals surface area (Å²) in [5.74, 6) is 0.918. The van der Waals surface area contributed by atoms with Gasteiger partial charge in [0.05, 0.1) is 32.5 Å². The first kappa shape index (κ1) is 14.9. The molecule has 0 radical (unpaired) electrons. The van der Waals surface area contributed by atoms with Crippen LogP contribution in [0.25, 0.3) is 11.1 Å². The smallest absolute Gasteiger partial charge is 0.338 e. The van der Waals surface area contributed by atoms with Gasteiger partial charge < -0.3 is 14.2 Å². The molecule has 4 heteroatoms. The first-order chi connectivity index (χ1) is 10.1. The molecule has 0 aliphatic rings. The van der Waals surface area contributed by atoms with E-state index < -0.39 is 5.97 Å². The molecule has 0 heterocycles. The Morgan fingerprint density at radius 2 is 1.52 bits per heavy atom. The highest BCUT2D eigenvalue weighted by molar-refractivity contribution is 5.99. The molecule has 0 atom stereocenters. The molecule has 0 unspecified atom stereocenters. The summed E-state index contributed by atoms with van der Waals surface area (Å²) in [6.45, 7) is 1.96. The third kappa shape index (κ3) is 2.84. The van der Waals surface area contributed by atoms with Crippen LogP contribution in [-0.4, -0.2) is 27.3 Å². The summed E-state index contributed by atoms with van der Waals surface area (Å²) in [5.41, 5.74) is 2.95. The molecule has 0 fully saturated rings. The van der Waals surface area contributed by atoms with Gasteiger partial charge in [-0.2, -0.15) is 0 Å². The van der Waals surface area contributed by atoms with Crippen molar-refractivity contribution in [3.63, 3.8) is 0 Å². The number of hydrogen-bond donors (Lipinski definition) is 0. The highest BCUT2D eigenvalue weighted by Gasteiger charge is 2.20. The van der Waals surface area contributed by atoms with Gasteiger partial charge in [-0.25, -0.2) is 4.79 Å². The first-order valence-electron chi connectivity index (χ1n) is 6.52. The highest BCUT2D eigenvalue weighted by Crippen LogP contribution is 2.41. The molecular formula is C17H18O4. The molecule has 0 amide bonds. The molecule has 0 saturated carbocycles. The third-order valence-electron chi connectivity index (χ3n) is 3.25. The number of benzene rings is 2. The van der Waals surface area contributed by atoms with Crippen LogP contribution in [-0.2, 0) is 4.74 Å². The van der Waals surface area contributed by atoms with Gasteiger partial charge in [-0.1, -0.05) is 18.2 Å². The summed E-state index contributed by atoms with van der Waals surface area (Å²) in [7, 11) is 4.56. The van der Waals surface area contributed by atoms with Crippen LogP contribution in [0.1, 0.15) is 15.9 Å². The van der Waals surface area contributed by atoms with E-state index in [1.807, 2.05) is 31.2 Å². The van der Waals surface area contributed by atoms with Crippen LogP contribution in [0.5, 0.6) is 11.5 Å². The minimum absolute atomic E-state index is 0.393. The van der Waals surface area contributed by atoms with Crippen LogP contribution >= 0.6 is 0 Å². The molecule has 2 aromatic rings. The van der Waals surface area contributed by atoms with E-state index in [4.69, 9.17) is 14.2 Å². The van der Waals surface area contributed by atoms with Crippen LogP contribution < -0.4 is 9.47 Å². The standard InChI is InChI=1S/C17H18O4/c1-11-9-14(19-2)16(15(10-11)20-3)12-7-5-6-8-13(12)17(18)21-4/h5-10H,1-4H3. The van der Waals surface area contributed by atoms with Gasteiger partial charge in [-0.05, 0) is 30.7 Å². The molecule has 0 saturated heterocycles. The van der Waals surface area contributed by atoms with Crippen molar-refractivity contribution in [3.8, 4) is 22.6 Å². The van der Waals surface area contributed by atoms with Crippen molar-refractivity contribution in [3.05, 3.63) is 47.5 Å². The summed E-state index contributed by atoms with van der Waals surface area (Å²) < 4.78 is 15.8. The van der Waals surface area contributed by atoms with Gasteiger partial charge >= 0.3 is 5.97 Å². The van der Waals surface area contributed by atoms with Crippen LogP contribution in [0, 0.1) is 6.92 Å². The average Bonchev–Trinajstić information content (AvgIpc) is 2.53. The van der Waals surface area contributed by atoms with Crippen molar-refractivity contribution in [2.75, 3.05) is 21.3 Å². The quantitative estimate of drug-likeness (QED) is 0.807. The number of carbonyl (C=O) groups excluding carboxylic acids is 1. The fraction of sp³-hybridized carbons (Fsp3) is 0.235. The van der Waals surface area contributed by atoms with E-state index in [1.165, 1.54) is 7.11 Å². The number of aryl methyl sites for hydroxylation is 1. The molecule has 2 rings (SSSR count). The normalized spacial score (nSPS) is 10.1. The van der Waals surface area contributed by atoms with Gasteiger partial charge in [0.1, 0.15) is 11.5 Å². The van der Waals surface area contributed by atoms with Crippen molar-refractivity contribution in [1.82, 2.24) is 0 Å². The maximum absolute atomic E-state index is 12.0. The Labute approximate surface area is 124 Å². The molecule has 0 aromatic heterocycles. The van der Waals surface area contributed by atoms with Crippen molar-refractivity contribution < 1.29 is 19.0 Å². The van der Waals surface area contributed by atoms with Gasteiger partial charge in [0, 0.05) is 5.56 Å². The highest BCUT2D eigenvalue weighted by atomic mass is 16.5. The van der Waals surface area contributed by atoms with Crippen LogP contribution in [0.15, 0.2) is 36.4 Å². The Balaban J connectivity index is 2.75. The van der Waals surface area contributed by atoms with Gasteiger partial charge in [-0.3, -0.25) is 0 Å². The summed E-state index contributed by atoms with van der Waals surface area (Å²) in [6, 6.07) is 11.0. The number of methoxy groups -OCH3 is 3. The van der Waals surface area contributed by atoms with Crippen molar-refractivity contribution in [2.24, 2.45) is 0 Å². The molecule has 0 aliphatic carbocycles. The number of rotatable bonds is 4. The maximum Gasteiger partial charge on any atom is 0.338 e. The van der Waals surface area contributed by atoms with Crippen molar-refractivity contribution in [1.29, 1.82) is 0 Å². The van der Waals surface area contributed by atoms with E-state index in [-0.39, 0.29) is 0 Å². The van der Waals surface area contributed by atoms with Gasteiger partial charge in [0.15, 0.2) is 0 Å². The van der Waals surface area contributed by atoms with Gasteiger partial charge in [0.25, 0.3) is 0 Å². The minimum Gasteiger partial charge on any atom is -0.496 e. The first-order valence-corrected chi connectivity index (χ1v) is 6.52. The zero-order valence-electron chi connectivity index (χ0n) is 12.6. The second kappa shape index (κ2) is 6.31. The number of hydrogen-bond acceptors (Lipinski definition) is 4. The fourth-order valence-corrected chi connectivity index (χ4v) is 2.30. The Hall–Kier alpha value is -2.49. The van der Waals surface area contributed by atoms with Crippen LogP contribution in [0.2, 0.25) is 0 Å². The van der Waals surface area contributed by atoms with Gasteiger partial charge in [0.2, 0.25) is 0 Å². The molecule has 2 aromatic carbocycles. The predicted molar refractivity (Wildman–Crippen MR) is 81.1 cm³/mol. The third-order valence-corrected chi connectivity index (χ3v) is 3.25. The van der Waals surface area contributed by atoms with E-state index in [1.54, 1.807) is 26.4 Å². The second-order valence-electron chi connectivity index (χ2n) is 4.58.